The van der Waals surface area contributed by atoms with Crippen LogP contribution in [-0.2, 0) is 37.1 Å². The molecule has 0 aromatic carbocycles. The predicted molar refractivity (Wildman–Crippen MR) is 90.6 cm³/mol. The van der Waals surface area contributed by atoms with E-state index in [9.17, 15) is 0 Å². The molecule has 0 radical (unpaired) electrons. The molecule has 0 atom stereocenters. The minimum Gasteiger partial charge on any atom is -0.392 e. The van der Waals surface area contributed by atoms with Gasteiger partial charge < -0.3 is 14.9 Å². The first kappa shape index (κ1) is 25.3. The molecule has 3 rings (SSSR count). The highest BCUT2D eigenvalue weighted by atomic mass is 32.1. The highest BCUT2D eigenvalue weighted by Gasteiger charge is 1.99. The van der Waals surface area contributed by atoms with E-state index >= 15 is 0 Å². The summed E-state index contributed by atoms with van der Waals surface area (Å²) in [5.41, 5.74) is 0.836. The average molecular weight is 388 g/mol. The van der Waals surface area contributed by atoms with Crippen LogP contribution >= 0.6 is 22.7 Å². The molecule has 2 N–H and O–H groups in total. The molecule has 1 fully saturated rings. The van der Waals surface area contributed by atoms with Crippen LogP contribution in [0, 0.1) is 0 Å². The fourth-order valence-electron chi connectivity index (χ4n) is 1.38. The summed E-state index contributed by atoms with van der Waals surface area (Å²) < 4.78 is 4.94. The Bertz CT molecular complexity index is 495. The van der Waals surface area contributed by atoms with Crippen molar-refractivity contribution in [3.05, 3.63) is 44.8 Å². The lowest BCUT2D eigenvalue weighted by atomic mass is 10.3. The molecule has 25 heavy (non-hydrogen) atoms. The van der Waals surface area contributed by atoms with Crippen LogP contribution in [0.15, 0.2) is 34.3 Å². The smallest absolute Gasteiger partial charge is 0.373 e. The van der Waals surface area contributed by atoms with Gasteiger partial charge in [0.2, 0.25) is 0 Å². The van der Waals surface area contributed by atoms with E-state index in [1.54, 1.807) is 11.3 Å². The number of hydrogen-bond acceptors (Lipinski definition) is 9. The summed E-state index contributed by atoms with van der Waals surface area (Å²) in [5.74, 6) is 0. The Hall–Kier alpha value is -1.96. The summed E-state index contributed by atoms with van der Waals surface area (Å²) >= 11 is 3.18. The quantitative estimate of drug-likeness (QED) is 0.809. The Kier molecular flexibility index (Phi) is 22.3. The van der Waals surface area contributed by atoms with Crippen LogP contribution in [0.1, 0.15) is 23.3 Å². The van der Waals surface area contributed by atoms with Crippen molar-refractivity contribution in [2.24, 2.45) is 0 Å². The number of rotatable bonds is 2. The van der Waals surface area contributed by atoms with Crippen LogP contribution in [-0.4, -0.2) is 35.7 Å². The third-order valence-corrected chi connectivity index (χ3v) is 3.98. The van der Waals surface area contributed by atoms with Crippen molar-refractivity contribution in [2.45, 2.75) is 26.1 Å². The van der Waals surface area contributed by atoms with Gasteiger partial charge in [-0.1, -0.05) is 12.1 Å². The first-order valence-electron chi connectivity index (χ1n) is 7.02. The summed E-state index contributed by atoms with van der Waals surface area (Å²) in [7, 11) is 0. The maximum Gasteiger partial charge on any atom is 0.373 e. The van der Waals surface area contributed by atoms with Gasteiger partial charge in [0.25, 0.3) is 0 Å². The van der Waals surface area contributed by atoms with Gasteiger partial charge in [-0.15, -0.1) is 11.3 Å². The van der Waals surface area contributed by atoms with Gasteiger partial charge in [-0.05, 0) is 40.6 Å². The number of ether oxygens (including phenoxy) is 1. The second-order valence-corrected chi connectivity index (χ2v) is 5.78. The lowest BCUT2D eigenvalue weighted by molar-refractivity contribution is -0.193. The summed E-state index contributed by atoms with van der Waals surface area (Å²) in [6.07, 6.45) is 3.06. The third kappa shape index (κ3) is 18.2. The van der Waals surface area contributed by atoms with Crippen LogP contribution in [0.3, 0.4) is 0 Å². The van der Waals surface area contributed by atoms with Gasteiger partial charge in [0.15, 0.2) is 0 Å². The second-order valence-electron chi connectivity index (χ2n) is 3.96. The molecule has 0 amide bonds. The Labute approximate surface area is 153 Å². The summed E-state index contributed by atoms with van der Waals surface area (Å²) in [4.78, 5) is 33.4. The van der Waals surface area contributed by atoms with E-state index < -0.39 is 0 Å². The molecule has 0 saturated carbocycles. The van der Waals surface area contributed by atoms with Crippen molar-refractivity contribution < 1.29 is 34.1 Å². The molecule has 1 aliphatic rings. The SMILES string of the molecule is C1CCOC1.O=C=O.O=C=O.OCc1ccsc1CO.c1ccsc1. The highest BCUT2D eigenvalue weighted by Crippen LogP contribution is 2.15. The number of carbonyl (C=O) groups excluding carboxylic acids is 4. The largest absolute Gasteiger partial charge is 0.392 e. The lowest BCUT2D eigenvalue weighted by Crippen LogP contribution is -1.85. The Morgan fingerprint density at radius 3 is 1.68 bits per heavy atom. The second kappa shape index (κ2) is 22.0. The van der Waals surface area contributed by atoms with E-state index in [4.69, 9.17) is 34.1 Å². The van der Waals surface area contributed by atoms with Crippen LogP contribution in [0.4, 0.5) is 0 Å². The zero-order valence-electron chi connectivity index (χ0n) is 13.5. The Morgan fingerprint density at radius 1 is 0.920 bits per heavy atom. The van der Waals surface area contributed by atoms with E-state index in [2.05, 4.69) is 0 Å². The average Bonchev–Trinajstić information content (AvgIpc) is 3.42. The molecule has 0 bridgehead atoms. The predicted octanol–water partition coefficient (Wildman–Crippen LogP) is 2.11. The molecule has 1 aliphatic heterocycles. The standard InChI is InChI=1S/C6H8O2S.C4H8O.C4H4S.2CO2/c7-3-5-1-2-9-6(5)4-8;2*1-2-4-5-3-1;2*2-1-3/h1-2,7-8H,3-4H2;1-4H2;1-4H;;. The maximum atomic E-state index is 8.64. The number of thiophene rings is 2. The molecule has 7 nitrogen and oxygen atoms in total. The zero-order chi connectivity index (χ0) is 19.2. The molecule has 0 spiro atoms. The molecule has 9 heteroatoms. The van der Waals surface area contributed by atoms with Gasteiger partial charge in [-0.25, -0.2) is 0 Å². The van der Waals surface area contributed by atoms with Crippen molar-refractivity contribution in [2.75, 3.05) is 13.2 Å². The molecule has 2 aromatic heterocycles. The lowest BCUT2D eigenvalue weighted by Gasteiger charge is -1.92. The summed E-state index contributed by atoms with van der Waals surface area (Å²) in [6.45, 7) is 2.06. The first-order chi connectivity index (χ1) is 12.2. The van der Waals surface area contributed by atoms with E-state index in [1.165, 1.54) is 24.2 Å². The summed E-state index contributed by atoms with van der Waals surface area (Å²) in [5, 5.41) is 23.2. The minimum absolute atomic E-state index is 0.0272. The van der Waals surface area contributed by atoms with Crippen molar-refractivity contribution >= 4 is 35.0 Å². The number of aliphatic hydroxyl groups excluding tert-OH is 2. The molecule has 1 saturated heterocycles. The van der Waals surface area contributed by atoms with Crippen molar-refractivity contribution in [1.29, 1.82) is 0 Å². The molecule has 138 valence electrons. The van der Waals surface area contributed by atoms with Crippen LogP contribution in [0.5, 0.6) is 0 Å². The fourth-order valence-corrected chi connectivity index (χ4v) is 2.59. The Balaban J connectivity index is 0. The van der Waals surface area contributed by atoms with Gasteiger partial charge in [-0.3, -0.25) is 0 Å². The van der Waals surface area contributed by atoms with E-state index in [0.717, 1.165) is 23.7 Å². The van der Waals surface area contributed by atoms with Gasteiger partial charge >= 0.3 is 12.3 Å². The van der Waals surface area contributed by atoms with Crippen molar-refractivity contribution in [3.8, 4) is 0 Å². The molecular formula is C16H20O7S2. The van der Waals surface area contributed by atoms with Gasteiger partial charge in [0.05, 0.1) is 13.2 Å². The topological polar surface area (TPSA) is 118 Å². The molecular weight excluding hydrogens is 368 g/mol. The minimum atomic E-state index is 0.0272. The van der Waals surface area contributed by atoms with E-state index in [0.29, 0.717) is 0 Å². The Morgan fingerprint density at radius 2 is 1.44 bits per heavy atom. The maximum absolute atomic E-state index is 8.64. The molecule has 2 aromatic rings. The normalized spacial score (nSPS) is 10.6. The van der Waals surface area contributed by atoms with Crippen LogP contribution < -0.4 is 0 Å². The molecule has 0 aliphatic carbocycles. The molecule has 3 heterocycles. The monoisotopic (exact) mass is 388 g/mol. The van der Waals surface area contributed by atoms with E-state index in [-0.39, 0.29) is 25.5 Å². The highest BCUT2D eigenvalue weighted by molar-refractivity contribution is 7.10. The van der Waals surface area contributed by atoms with Gasteiger partial charge in [0, 0.05) is 18.1 Å². The first-order valence-corrected chi connectivity index (χ1v) is 8.84. The van der Waals surface area contributed by atoms with Gasteiger partial charge in [-0.2, -0.15) is 30.5 Å². The molecule has 0 unspecified atom stereocenters. The van der Waals surface area contributed by atoms with Crippen LogP contribution in [0.2, 0.25) is 0 Å². The van der Waals surface area contributed by atoms with Crippen LogP contribution in [0.25, 0.3) is 0 Å². The van der Waals surface area contributed by atoms with Crippen molar-refractivity contribution in [3.63, 3.8) is 0 Å². The fraction of sp³-hybridized carbons (Fsp3) is 0.375. The van der Waals surface area contributed by atoms with E-state index in [1.807, 2.05) is 34.3 Å². The third-order valence-electron chi connectivity index (χ3n) is 2.40. The van der Waals surface area contributed by atoms with Crippen molar-refractivity contribution in [1.82, 2.24) is 0 Å². The summed E-state index contributed by atoms with van der Waals surface area (Å²) in [6, 6.07) is 5.85. The zero-order valence-corrected chi connectivity index (χ0v) is 15.1. The number of aliphatic hydroxyl groups is 2. The number of hydrogen-bond donors (Lipinski definition) is 2. The van der Waals surface area contributed by atoms with Gasteiger partial charge in [0.1, 0.15) is 0 Å².